The number of amides is 1. The average molecular weight is 445 g/mol. The molecule has 1 aliphatic carbocycles. The van der Waals surface area contributed by atoms with Gasteiger partial charge in [-0.2, -0.15) is 0 Å². The number of nitrogens with one attached hydrogen (secondary N) is 1. The van der Waals surface area contributed by atoms with E-state index in [2.05, 4.69) is 29.6 Å². The molecule has 3 N–H and O–H groups in total. The Hall–Kier alpha value is -1.92. The lowest BCUT2D eigenvalue weighted by atomic mass is 9.81. The summed E-state index contributed by atoms with van der Waals surface area (Å²) in [6.45, 7) is 1.24. The molecule has 1 saturated carbocycles. The topological polar surface area (TPSA) is 72.8 Å². The standard InChI is InChI=1S/C25H33ClN2O3/c1-28(25(31)21-6-10-22(26)11-7-21)23-12-8-20(9-13-23)19-4-2-18(3-5-19)16-27-15-14-24(30)17-29/h2-7,10-11,20,23-24,27,29-30H,8-9,12-17H2,1H3. The van der Waals surface area contributed by atoms with Crippen molar-refractivity contribution in [3.05, 3.63) is 70.2 Å². The van der Waals surface area contributed by atoms with Gasteiger partial charge in [-0.25, -0.2) is 0 Å². The van der Waals surface area contributed by atoms with Crippen LogP contribution in [0.2, 0.25) is 5.02 Å². The summed E-state index contributed by atoms with van der Waals surface area (Å²) in [4.78, 5) is 14.6. The van der Waals surface area contributed by atoms with Crippen LogP contribution in [0.15, 0.2) is 48.5 Å². The van der Waals surface area contributed by atoms with Crippen LogP contribution < -0.4 is 5.32 Å². The first kappa shape index (κ1) is 23.7. The van der Waals surface area contributed by atoms with Crippen LogP contribution in [0.5, 0.6) is 0 Å². The van der Waals surface area contributed by atoms with Crippen molar-refractivity contribution in [2.45, 2.75) is 56.7 Å². The zero-order chi connectivity index (χ0) is 22.2. The van der Waals surface area contributed by atoms with Crippen LogP contribution in [-0.2, 0) is 6.54 Å². The van der Waals surface area contributed by atoms with Crippen LogP contribution in [0, 0.1) is 0 Å². The third-order valence-corrected chi connectivity index (χ3v) is 6.55. The van der Waals surface area contributed by atoms with Crippen molar-refractivity contribution >= 4 is 17.5 Å². The highest BCUT2D eigenvalue weighted by Gasteiger charge is 2.27. The van der Waals surface area contributed by atoms with E-state index in [0.29, 0.717) is 29.5 Å². The number of halogens is 1. The molecule has 2 aromatic rings. The largest absolute Gasteiger partial charge is 0.394 e. The third-order valence-electron chi connectivity index (χ3n) is 6.30. The van der Waals surface area contributed by atoms with Crippen molar-refractivity contribution in [3.63, 3.8) is 0 Å². The fraction of sp³-hybridized carbons (Fsp3) is 0.480. The minimum absolute atomic E-state index is 0.0588. The molecule has 0 bridgehead atoms. The van der Waals surface area contributed by atoms with E-state index in [4.69, 9.17) is 16.7 Å². The van der Waals surface area contributed by atoms with Gasteiger partial charge in [-0.3, -0.25) is 4.79 Å². The van der Waals surface area contributed by atoms with Gasteiger partial charge in [-0.05, 0) is 80.0 Å². The first-order chi connectivity index (χ1) is 15.0. The molecule has 168 valence electrons. The lowest BCUT2D eigenvalue weighted by Gasteiger charge is -2.35. The molecule has 1 atom stereocenters. The summed E-state index contributed by atoms with van der Waals surface area (Å²) in [6, 6.07) is 16.1. The number of rotatable bonds is 9. The van der Waals surface area contributed by atoms with Gasteiger partial charge in [0.25, 0.3) is 5.91 Å². The molecule has 0 radical (unpaired) electrons. The number of hydrogen-bond acceptors (Lipinski definition) is 4. The van der Waals surface area contributed by atoms with Gasteiger partial charge in [0.1, 0.15) is 0 Å². The second-order valence-corrected chi connectivity index (χ2v) is 8.91. The van der Waals surface area contributed by atoms with Gasteiger partial charge >= 0.3 is 0 Å². The molecular formula is C25H33ClN2O3. The number of benzene rings is 2. The van der Waals surface area contributed by atoms with Gasteiger partial charge in [0.05, 0.1) is 12.7 Å². The Kier molecular flexibility index (Phi) is 8.90. The highest BCUT2D eigenvalue weighted by molar-refractivity contribution is 6.30. The number of carbonyl (C=O) groups is 1. The van der Waals surface area contributed by atoms with Crippen LogP contribution in [0.3, 0.4) is 0 Å². The smallest absolute Gasteiger partial charge is 0.253 e. The van der Waals surface area contributed by atoms with E-state index in [-0.39, 0.29) is 18.6 Å². The van der Waals surface area contributed by atoms with E-state index in [1.165, 1.54) is 11.1 Å². The normalized spacial score (nSPS) is 19.7. The molecular weight excluding hydrogens is 412 g/mol. The second kappa shape index (κ2) is 11.6. The van der Waals surface area contributed by atoms with Crippen molar-refractivity contribution in [3.8, 4) is 0 Å². The number of hydrogen-bond donors (Lipinski definition) is 3. The first-order valence-electron chi connectivity index (χ1n) is 11.1. The molecule has 0 saturated heterocycles. The zero-order valence-electron chi connectivity index (χ0n) is 18.1. The molecule has 1 unspecified atom stereocenters. The van der Waals surface area contributed by atoms with Crippen LogP contribution >= 0.6 is 11.6 Å². The van der Waals surface area contributed by atoms with Crippen LogP contribution in [0.4, 0.5) is 0 Å². The third kappa shape index (κ3) is 6.78. The minimum Gasteiger partial charge on any atom is -0.394 e. The Bertz CT molecular complexity index is 818. The molecule has 0 spiro atoms. The van der Waals surface area contributed by atoms with Crippen molar-refractivity contribution in [1.29, 1.82) is 0 Å². The Morgan fingerprint density at radius 2 is 1.74 bits per heavy atom. The maximum atomic E-state index is 12.8. The van der Waals surface area contributed by atoms with E-state index >= 15 is 0 Å². The van der Waals surface area contributed by atoms with Crippen molar-refractivity contribution in [2.75, 3.05) is 20.2 Å². The summed E-state index contributed by atoms with van der Waals surface area (Å²) < 4.78 is 0. The predicted molar refractivity (Wildman–Crippen MR) is 124 cm³/mol. The molecule has 1 amide bonds. The summed E-state index contributed by atoms with van der Waals surface area (Å²) in [6.07, 6.45) is 4.09. The van der Waals surface area contributed by atoms with E-state index < -0.39 is 6.10 Å². The van der Waals surface area contributed by atoms with Crippen LogP contribution in [-0.4, -0.2) is 53.4 Å². The lowest BCUT2D eigenvalue weighted by molar-refractivity contribution is 0.0689. The highest BCUT2D eigenvalue weighted by atomic mass is 35.5. The molecule has 0 aliphatic heterocycles. The van der Waals surface area contributed by atoms with E-state index in [1.54, 1.807) is 24.3 Å². The minimum atomic E-state index is -0.648. The number of aliphatic hydroxyl groups is 2. The molecule has 1 aliphatic rings. The number of carbonyl (C=O) groups excluding carboxylic acids is 1. The van der Waals surface area contributed by atoms with Gasteiger partial charge < -0.3 is 20.4 Å². The van der Waals surface area contributed by atoms with E-state index in [9.17, 15) is 9.90 Å². The number of aliphatic hydroxyl groups excluding tert-OH is 2. The van der Waals surface area contributed by atoms with Gasteiger partial charge in [0.15, 0.2) is 0 Å². The second-order valence-electron chi connectivity index (χ2n) is 8.47. The first-order valence-corrected chi connectivity index (χ1v) is 11.5. The molecule has 3 rings (SSSR count). The zero-order valence-corrected chi connectivity index (χ0v) is 18.9. The monoisotopic (exact) mass is 444 g/mol. The molecule has 6 heteroatoms. The Morgan fingerprint density at radius 3 is 2.35 bits per heavy atom. The van der Waals surface area contributed by atoms with E-state index in [0.717, 1.165) is 32.2 Å². The Balaban J connectivity index is 1.45. The Morgan fingerprint density at radius 1 is 1.10 bits per heavy atom. The molecule has 0 aromatic heterocycles. The molecule has 31 heavy (non-hydrogen) atoms. The van der Waals surface area contributed by atoms with Crippen molar-refractivity contribution < 1.29 is 15.0 Å². The molecule has 0 heterocycles. The predicted octanol–water partition coefficient (Wildman–Crippen LogP) is 3.97. The fourth-order valence-corrected chi connectivity index (χ4v) is 4.38. The maximum Gasteiger partial charge on any atom is 0.253 e. The van der Waals surface area contributed by atoms with Gasteiger partial charge in [0, 0.05) is 30.2 Å². The molecule has 5 nitrogen and oxygen atoms in total. The number of nitrogens with zero attached hydrogens (tertiary/aromatic N) is 1. The summed E-state index contributed by atoms with van der Waals surface area (Å²) >= 11 is 5.93. The SMILES string of the molecule is CN(C(=O)c1ccc(Cl)cc1)C1CCC(c2ccc(CNCCC(O)CO)cc2)CC1. The van der Waals surface area contributed by atoms with E-state index in [1.807, 2.05) is 11.9 Å². The van der Waals surface area contributed by atoms with Crippen molar-refractivity contribution in [2.24, 2.45) is 0 Å². The summed E-state index contributed by atoms with van der Waals surface area (Å²) in [5.74, 6) is 0.598. The lowest BCUT2D eigenvalue weighted by Crippen LogP contribution is -2.39. The fourth-order valence-electron chi connectivity index (χ4n) is 4.26. The average Bonchev–Trinajstić information content (AvgIpc) is 2.81. The van der Waals surface area contributed by atoms with Crippen molar-refractivity contribution in [1.82, 2.24) is 10.2 Å². The van der Waals surface area contributed by atoms with Gasteiger partial charge in [-0.1, -0.05) is 35.9 Å². The van der Waals surface area contributed by atoms with Crippen LogP contribution in [0.25, 0.3) is 0 Å². The molecule has 2 aromatic carbocycles. The molecule has 1 fully saturated rings. The highest BCUT2D eigenvalue weighted by Crippen LogP contribution is 2.35. The summed E-state index contributed by atoms with van der Waals surface area (Å²) in [5.41, 5.74) is 3.26. The summed E-state index contributed by atoms with van der Waals surface area (Å²) in [7, 11) is 1.91. The van der Waals surface area contributed by atoms with Crippen LogP contribution in [0.1, 0.15) is 59.5 Å². The maximum absolute atomic E-state index is 12.8. The quantitative estimate of drug-likeness (QED) is 0.511. The Labute approximate surface area is 190 Å². The summed E-state index contributed by atoms with van der Waals surface area (Å²) in [5, 5.41) is 22.1. The van der Waals surface area contributed by atoms with Gasteiger partial charge in [0.2, 0.25) is 0 Å². The van der Waals surface area contributed by atoms with Gasteiger partial charge in [-0.15, -0.1) is 0 Å².